The van der Waals surface area contributed by atoms with Gasteiger partial charge in [0.25, 0.3) is 0 Å². The zero-order chi connectivity index (χ0) is 49.0. The van der Waals surface area contributed by atoms with E-state index in [4.69, 9.17) is 4.79 Å². The Morgan fingerprint density at radius 2 is 1.23 bits per heavy atom. The minimum Gasteiger partial charge on any atom is -0.367 e. The molecule has 366 valence electrons. The molecule has 0 aromatic carbocycles. The van der Waals surface area contributed by atoms with Gasteiger partial charge in [0.05, 0.1) is 11.9 Å². The van der Waals surface area contributed by atoms with Crippen molar-refractivity contribution in [2.75, 3.05) is 6.54 Å². The number of allylic oxidation sites excluding steroid dienone is 2. The van der Waals surface area contributed by atoms with Crippen LogP contribution in [-0.2, 0) is 9.59 Å². The fourth-order valence-electron chi connectivity index (χ4n) is 7.97. The molecule has 0 aromatic heterocycles. The molecule has 0 spiro atoms. The van der Waals surface area contributed by atoms with E-state index in [9.17, 15) is 4.79 Å². The maximum absolute atomic E-state index is 11.1. The van der Waals surface area contributed by atoms with Crippen LogP contribution in [0.3, 0.4) is 0 Å². The molecule has 1 aliphatic heterocycles. The number of carbonyl (C=O) groups excluding carboxylic acids is 2. The molecule has 1 heterocycles. The predicted octanol–water partition coefficient (Wildman–Crippen LogP) is 17.2. The first-order valence-electron chi connectivity index (χ1n) is 25.5. The van der Waals surface area contributed by atoms with E-state index in [2.05, 4.69) is 138 Å². The molecule has 5 heteroatoms. The highest BCUT2D eigenvalue weighted by molar-refractivity contribution is 5.90. The van der Waals surface area contributed by atoms with Gasteiger partial charge in [0, 0.05) is 29.7 Å². The number of likely N-dealkylation sites (tertiary alicyclic amines) is 1. The van der Waals surface area contributed by atoms with Gasteiger partial charge in [-0.05, 0) is 93.5 Å². The molecule has 0 bridgehead atoms. The Morgan fingerprint density at radius 3 is 1.56 bits per heavy atom. The summed E-state index contributed by atoms with van der Waals surface area (Å²) in [6.07, 6.45) is 28.8. The lowest BCUT2D eigenvalue weighted by molar-refractivity contribution is -0.118. The second-order valence-electron chi connectivity index (χ2n) is 20.5. The summed E-state index contributed by atoms with van der Waals surface area (Å²) in [6.45, 7) is 58.2. The molecule has 2 N–H and O–H groups in total. The zero-order valence-electron chi connectivity index (χ0n) is 44.9. The number of hydrogen-bond donors (Lipinski definition) is 2. The number of nitrogens with zero attached hydrogens (tertiary/aromatic N) is 1. The largest absolute Gasteiger partial charge is 0.367 e. The molecule has 0 aromatic rings. The van der Waals surface area contributed by atoms with Crippen LogP contribution in [0.1, 0.15) is 239 Å². The average Bonchev–Trinajstić information content (AvgIpc) is 3.74. The smallest absolute Gasteiger partial charge is 0.157 e. The highest BCUT2D eigenvalue weighted by atomic mass is 16.1. The van der Waals surface area contributed by atoms with E-state index in [1.807, 2.05) is 33.6 Å². The van der Waals surface area contributed by atoms with E-state index in [1.165, 1.54) is 133 Å². The third-order valence-electron chi connectivity index (χ3n) is 12.1. The van der Waals surface area contributed by atoms with Gasteiger partial charge in [-0.1, -0.05) is 212 Å². The molecule has 1 saturated heterocycles. The predicted molar refractivity (Wildman–Crippen MR) is 282 cm³/mol. The van der Waals surface area contributed by atoms with Crippen LogP contribution in [0, 0.1) is 28.6 Å². The molecule has 4 aliphatic rings. The molecule has 3 unspecified atom stereocenters. The van der Waals surface area contributed by atoms with Crippen molar-refractivity contribution in [3.8, 4) is 0 Å². The Kier molecular flexibility index (Phi) is 41.4. The van der Waals surface area contributed by atoms with Gasteiger partial charge >= 0.3 is 0 Å². The summed E-state index contributed by atoms with van der Waals surface area (Å²) in [7, 11) is 0. The van der Waals surface area contributed by atoms with E-state index in [0.29, 0.717) is 11.5 Å². The monoisotopic (exact) mass is 870 g/mol. The van der Waals surface area contributed by atoms with Gasteiger partial charge in [0.1, 0.15) is 6.79 Å². The number of carbonyl (C=O) groups is 2. The van der Waals surface area contributed by atoms with Crippen molar-refractivity contribution in [1.29, 1.82) is 0 Å². The third kappa shape index (κ3) is 31.3. The fraction of sp³-hybridized carbons (Fsp3) is 0.789. The zero-order valence-corrected chi connectivity index (χ0v) is 44.9. The molecule has 3 saturated carbocycles. The Balaban J connectivity index is -0.000000428. The van der Waals surface area contributed by atoms with Gasteiger partial charge in [-0.15, -0.1) is 6.58 Å². The molecule has 4 rings (SSSR count). The van der Waals surface area contributed by atoms with Crippen molar-refractivity contribution in [3.05, 3.63) is 62.1 Å². The van der Waals surface area contributed by atoms with Crippen molar-refractivity contribution < 1.29 is 9.59 Å². The van der Waals surface area contributed by atoms with Crippen LogP contribution in [0.25, 0.3) is 0 Å². The summed E-state index contributed by atoms with van der Waals surface area (Å²) >= 11 is 0. The maximum atomic E-state index is 11.1. The van der Waals surface area contributed by atoms with E-state index in [-0.39, 0.29) is 28.7 Å². The van der Waals surface area contributed by atoms with Crippen molar-refractivity contribution in [2.45, 2.75) is 257 Å². The average molecular weight is 871 g/mol. The first-order valence-corrected chi connectivity index (χ1v) is 25.5. The van der Waals surface area contributed by atoms with Crippen LogP contribution in [0.2, 0.25) is 0 Å². The normalized spacial score (nSPS) is 19.1. The summed E-state index contributed by atoms with van der Waals surface area (Å²) in [5.74, 6) is 3.13. The van der Waals surface area contributed by atoms with Gasteiger partial charge in [0.15, 0.2) is 5.78 Å². The Bertz CT molecular complexity index is 1140. The summed E-state index contributed by atoms with van der Waals surface area (Å²) in [5, 5.41) is 7.76. The summed E-state index contributed by atoms with van der Waals surface area (Å²) in [5.41, 5.74) is 3.47. The maximum Gasteiger partial charge on any atom is 0.157 e. The molecular weight excluding hydrogens is 759 g/mol. The molecule has 3 atom stereocenters. The van der Waals surface area contributed by atoms with Crippen LogP contribution in [0.15, 0.2) is 62.1 Å². The van der Waals surface area contributed by atoms with Crippen molar-refractivity contribution in [3.63, 3.8) is 0 Å². The van der Waals surface area contributed by atoms with Crippen molar-refractivity contribution in [2.24, 2.45) is 28.6 Å². The van der Waals surface area contributed by atoms with E-state index < -0.39 is 0 Å². The van der Waals surface area contributed by atoms with Crippen LogP contribution >= 0.6 is 0 Å². The molecular formula is C57H111N3O2. The van der Waals surface area contributed by atoms with Crippen LogP contribution in [0.5, 0.6) is 0 Å². The number of ketones is 1. The third-order valence-corrected chi connectivity index (χ3v) is 12.1. The quantitative estimate of drug-likeness (QED) is 0.127. The van der Waals surface area contributed by atoms with E-state index >= 15 is 0 Å². The number of hydrogen-bond acceptors (Lipinski definition) is 5. The molecule has 62 heavy (non-hydrogen) atoms. The Labute approximate surface area is 390 Å². The second-order valence-corrected chi connectivity index (χ2v) is 20.5. The number of rotatable bonds is 15. The van der Waals surface area contributed by atoms with Gasteiger partial charge in [-0.25, -0.2) is 0 Å². The summed E-state index contributed by atoms with van der Waals surface area (Å²) in [6, 6.07) is 0.672. The van der Waals surface area contributed by atoms with Gasteiger partial charge in [0.2, 0.25) is 0 Å². The van der Waals surface area contributed by atoms with Gasteiger partial charge in [-0.3, -0.25) is 4.79 Å². The minimum absolute atomic E-state index is 0.205. The highest BCUT2D eigenvalue weighted by Gasteiger charge is 2.41. The summed E-state index contributed by atoms with van der Waals surface area (Å²) in [4.78, 5) is 21.6. The second kappa shape index (κ2) is 38.9. The lowest BCUT2D eigenvalue weighted by Gasteiger charge is -2.47. The topological polar surface area (TPSA) is 61.4 Å². The Hall–Kier alpha value is -2.56. The van der Waals surface area contributed by atoms with Crippen molar-refractivity contribution in [1.82, 2.24) is 15.5 Å². The first kappa shape index (κ1) is 66.0. The van der Waals surface area contributed by atoms with Crippen LogP contribution in [0.4, 0.5) is 0 Å². The van der Waals surface area contributed by atoms with Gasteiger partial charge < -0.3 is 20.3 Å². The molecule has 3 aliphatic carbocycles. The number of nitrogens with one attached hydrogen (secondary N) is 2. The summed E-state index contributed by atoms with van der Waals surface area (Å²) < 4.78 is 0. The SMILES string of the molecule is C=C(NC(C(=C)N1CCCC1C(=C)C)C1(C)CCCCC1)NC1(CC)CCCCC1.C=CC(=O)C(C)CC1CCC1.C=CCC.C=O.CC.CC(C)(C)C.CCC.CCC(C)C. The minimum atomic E-state index is 0.205. The lowest BCUT2D eigenvalue weighted by Crippen LogP contribution is -2.55. The molecule has 0 amide bonds. The van der Waals surface area contributed by atoms with Crippen molar-refractivity contribution >= 4 is 12.6 Å². The molecule has 4 fully saturated rings. The van der Waals surface area contributed by atoms with E-state index in [1.54, 1.807) is 0 Å². The van der Waals surface area contributed by atoms with Gasteiger partial charge in [-0.2, -0.15) is 0 Å². The Morgan fingerprint density at radius 1 is 0.790 bits per heavy atom. The standard InChI is InChI=1S/C27H47N3.C10H16O.2C5H12.C4H8.C3H8.C2H6.CH2O/c1-7-27(18-12-9-13-19-27)29-23(5)28-25(26(6)16-10-8-11-17-26)22(4)30-20-14-15-24(30)21(2)3;1-3-10(11)8(2)7-9-5-4-6-9;1-5(2,3)4;1-4-5(2)3;1-3-4-2;1-3-2;2*1-2/h24-25,28-29H,2,4-5,7-20H2,1,3,6H3;3,8-9H,1,4-7H2,2H3;1-4H3;5H,4H2,1-3H3;3H,1,4H2,2H3;3H2,1-2H3;1-2H3;1H2. The van der Waals surface area contributed by atoms with Crippen LogP contribution < -0.4 is 10.6 Å². The molecule has 5 nitrogen and oxygen atoms in total. The lowest BCUT2D eigenvalue weighted by atomic mass is 9.69. The first-order chi connectivity index (χ1) is 29.1. The van der Waals surface area contributed by atoms with E-state index in [0.717, 1.165) is 37.0 Å². The van der Waals surface area contributed by atoms with Crippen LogP contribution in [-0.4, -0.2) is 41.6 Å². The fourth-order valence-corrected chi connectivity index (χ4v) is 7.97. The highest BCUT2D eigenvalue weighted by Crippen LogP contribution is 2.43. The molecule has 0 radical (unpaired) electrons.